The lowest BCUT2D eigenvalue weighted by Gasteiger charge is -2.18. The molecule has 318 valence electrons. The lowest BCUT2D eigenvalue weighted by Crippen LogP contribution is -2.30. The number of esters is 3. The number of carbonyl (C=O) groups is 3. The van der Waals surface area contributed by atoms with Gasteiger partial charge in [0.05, 0.1) is 0 Å². The van der Waals surface area contributed by atoms with Crippen LogP contribution in [0.25, 0.3) is 0 Å². The zero-order valence-corrected chi connectivity index (χ0v) is 36.2. The van der Waals surface area contributed by atoms with E-state index < -0.39 is 6.10 Å². The Labute approximate surface area is 339 Å². The quantitative estimate of drug-likeness (QED) is 0.0267. The first-order valence-electron chi connectivity index (χ1n) is 23.1. The minimum absolute atomic E-state index is 0.0828. The molecule has 0 aromatic rings. The molecule has 0 saturated heterocycles. The summed E-state index contributed by atoms with van der Waals surface area (Å²) in [5, 5.41) is 0. The maximum atomic E-state index is 12.7. The number of rotatable bonds is 41. The largest absolute Gasteiger partial charge is 0.462 e. The Kier molecular flexibility index (Phi) is 42.0. The summed E-state index contributed by atoms with van der Waals surface area (Å²) in [5.74, 6) is -0.916. The van der Waals surface area contributed by atoms with E-state index in [1.807, 2.05) is 0 Å². The highest BCUT2D eigenvalue weighted by molar-refractivity contribution is 5.71. The van der Waals surface area contributed by atoms with Crippen LogP contribution in [0.4, 0.5) is 0 Å². The van der Waals surface area contributed by atoms with Crippen LogP contribution in [-0.4, -0.2) is 37.2 Å². The highest BCUT2D eigenvalue weighted by Gasteiger charge is 2.19. The molecule has 0 amide bonds. The van der Waals surface area contributed by atoms with Gasteiger partial charge in [0.25, 0.3) is 0 Å². The van der Waals surface area contributed by atoms with Crippen LogP contribution in [0.3, 0.4) is 0 Å². The van der Waals surface area contributed by atoms with Crippen LogP contribution in [0.2, 0.25) is 0 Å². The molecule has 0 rings (SSSR count). The fourth-order valence-electron chi connectivity index (χ4n) is 6.27. The Morgan fingerprint density at radius 2 is 0.691 bits per heavy atom. The molecule has 1 unspecified atom stereocenters. The number of carbonyl (C=O) groups excluding carboxylic acids is 3. The van der Waals surface area contributed by atoms with Crippen molar-refractivity contribution < 1.29 is 28.6 Å². The zero-order chi connectivity index (χ0) is 40.1. The van der Waals surface area contributed by atoms with Gasteiger partial charge in [0.15, 0.2) is 6.10 Å². The van der Waals surface area contributed by atoms with Gasteiger partial charge in [0, 0.05) is 19.3 Å². The van der Waals surface area contributed by atoms with Gasteiger partial charge in [-0.2, -0.15) is 0 Å². The lowest BCUT2D eigenvalue weighted by molar-refractivity contribution is -0.167. The topological polar surface area (TPSA) is 78.9 Å². The van der Waals surface area contributed by atoms with Gasteiger partial charge in [0.2, 0.25) is 0 Å². The third-order valence-electron chi connectivity index (χ3n) is 9.79. The summed E-state index contributed by atoms with van der Waals surface area (Å²) in [5.41, 5.74) is 0. The Balaban J connectivity index is 4.37. The van der Waals surface area contributed by atoms with Gasteiger partial charge in [-0.25, -0.2) is 0 Å². The number of allylic oxidation sites excluding steroid dienone is 8. The van der Waals surface area contributed by atoms with Crippen LogP contribution < -0.4 is 0 Å². The van der Waals surface area contributed by atoms with E-state index in [-0.39, 0.29) is 31.1 Å². The Morgan fingerprint density at radius 1 is 0.364 bits per heavy atom. The summed E-state index contributed by atoms with van der Waals surface area (Å²) >= 11 is 0. The van der Waals surface area contributed by atoms with E-state index in [0.29, 0.717) is 19.3 Å². The average Bonchev–Trinajstić information content (AvgIpc) is 3.18. The number of hydrogen-bond donors (Lipinski definition) is 0. The smallest absolute Gasteiger partial charge is 0.306 e. The van der Waals surface area contributed by atoms with E-state index in [4.69, 9.17) is 14.2 Å². The van der Waals surface area contributed by atoms with Crippen molar-refractivity contribution in [3.8, 4) is 0 Å². The molecule has 0 aromatic heterocycles. The second-order valence-electron chi connectivity index (χ2n) is 15.3. The number of hydrogen-bond acceptors (Lipinski definition) is 6. The molecule has 0 aliphatic heterocycles. The van der Waals surface area contributed by atoms with Crippen LogP contribution in [0.1, 0.15) is 226 Å². The van der Waals surface area contributed by atoms with Gasteiger partial charge in [-0.15, -0.1) is 0 Å². The molecule has 0 aliphatic carbocycles. The minimum atomic E-state index is -0.781. The van der Waals surface area contributed by atoms with Crippen molar-refractivity contribution in [2.45, 2.75) is 232 Å². The molecule has 0 radical (unpaired) electrons. The lowest BCUT2D eigenvalue weighted by atomic mass is 10.1. The standard InChI is InChI=1S/C49H86O6/c1-4-7-10-13-16-19-21-23-24-25-27-28-30-33-36-39-42-48(51)54-45-46(44-53-47(50)41-38-35-32-18-15-12-9-6-3)55-49(52)43-40-37-34-31-29-26-22-20-17-14-11-8-5-2/h11,14,19-22,24-25,46H,4-10,12-13,15-18,23,26-45H2,1-3H3/b14-11-,21-19-,22-20-,25-24-. The summed E-state index contributed by atoms with van der Waals surface area (Å²) < 4.78 is 16.7. The van der Waals surface area contributed by atoms with E-state index in [0.717, 1.165) is 109 Å². The Bertz CT molecular complexity index is 980. The summed E-state index contributed by atoms with van der Waals surface area (Å²) in [6, 6.07) is 0. The minimum Gasteiger partial charge on any atom is -0.462 e. The fraction of sp³-hybridized carbons (Fsp3) is 0.776. The van der Waals surface area contributed by atoms with E-state index in [1.165, 1.54) is 77.0 Å². The molecule has 0 aliphatic rings. The van der Waals surface area contributed by atoms with Crippen LogP contribution in [0.5, 0.6) is 0 Å². The zero-order valence-electron chi connectivity index (χ0n) is 36.2. The molecule has 0 fully saturated rings. The first-order chi connectivity index (χ1) is 27.0. The average molecular weight is 771 g/mol. The van der Waals surface area contributed by atoms with E-state index >= 15 is 0 Å². The van der Waals surface area contributed by atoms with E-state index in [1.54, 1.807) is 0 Å². The van der Waals surface area contributed by atoms with Gasteiger partial charge in [-0.1, -0.05) is 179 Å². The predicted molar refractivity (Wildman–Crippen MR) is 233 cm³/mol. The first-order valence-corrected chi connectivity index (χ1v) is 23.1. The van der Waals surface area contributed by atoms with Gasteiger partial charge >= 0.3 is 17.9 Å². The van der Waals surface area contributed by atoms with Gasteiger partial charge in [0.1, 0.15) is 13.2 Å². The fourth-order valence-corrected chi connectivity index (χ4v) is 6.27. The molecular formula is C49H86O6. The van der Waals surface area contributed by atoms with Crippen LogP contribution in [0, 0.1) is 0 Å². The highest BCUT2D eigenvalue weighted by atomic mass is 16.6. The third kappa shape index (κ3) is 42.4. The van der Waals surface area contributed by atoms with Gasteiger partial charge in [-0.05, 0) is 77.0 Å². The van der Waals surface area contributed by atoms with Crippen LogP contribution in [0.15, 0.2) is 48.6 Å². The second kappa shape index (κ2) is 44.1. The molecule has 1 atom stereocenters. The van der Waals surface area contributed by atoms with Crippen molar-refractivity contribution in [3.63, 3.8) is 0 Å². The normalized spacial score (nSPS) is 12.4. The summed E-state index contributed by atoms with van der Waals surface area (Å²) in [6.07, 6.45) is 50.9. The monoisotopic (exact) mass is 771 g/mol. The SMILES string of the molecule is CCC/C=C\C/C=C\CCCCCCCC(=O)OC(COC(=O)CCCCCCC/C=C\C/C=C\CCCCCC)COC(=O)CCCCCCCCCC. The summed E-state index contributed by atoms with van der Waals surface area (Å²) in [4.78, 5) is 37.7. The predicted octanol–water partition coefficient (Wildman–Crippen LogP) is 14.8. The molecule has 0 heterocycles. The van der Waals surface area contributed by atoms with Crippen molar-refractivity contribution in [1.82, 2.24) is 0 Å². The molecule has 0 bridgehead atoms. The van der Waals surface area contributed by atoms with Crippen molar-refractivity contribution >= 4 is 17.9 Å². The van der Waals surface area contributed by atoms with Crippen LogP contribution >= 0.6 is 0 Å². The van der Waals surface area contributed by atoms with Crippen molar-refractivity contribution in [3.05, 3.63) is 48.6 Å². The Morgan fingerprint density at radius 3 is 1.09 bits per heavy atom. The van der Waals surface area contributed by atoms with Gasteiger partial charge in [-0.3, -0.25) is 14.4 Å². The number of ether oxygens (including phenoxy) is 3. The van der Waals surface area contributed by atoms with Crippen molar-refractivity contribution in [2.75, 3.05) is 13.2 Å². The first kappa shape index (κ1) is 52.4. The molecular weight excluding hydrogens is 685 g/mol. The van der Waals surface area contributed by atoms with E-state index in [2.05, 4.69) is 69.4 Å². The van der Waals surface area contributed by atoms with Crippen molar-refractivity contribution in [2.24, 2.45) is 0 Å². The maximum Gasteiger partial charge on any atom is 0.306 e. The van der Waals surface area contributed by atoms with Gasteiger partial charge < -0.3 is 14.2 Å². The summed E-state index contributed by atoms with van der Waals surface area (Å²) in [6.45, 7) is 6.49. The molecule has 55 heavy (non-hydrogen) atoms. The molecule has 0 saturated carbocycles. The molecule has 6 nitrogen and oxygen atoms in total. The highest BCUT2D eigenvalue weighted by Crippen LogP contribution is 2.13. The van der Waals surface area contributed by atoms with Crippen LogP contribution in [-0.2, 0) is 28.6 Å². The molecule has 0 N–H and O–H groups in total. The molecule has 0 aromatic carbocycles. The Hall–Kier alpha value is -2.63. The molecule has 6 heteroatoms. The van der Waals surface area contributed by atoms with E-state index in [9.17, 15) is 14.4 Å². The summed E-state index contributed by atoms with van der Waals surface area (Å²) in [7, 11) is 0. The third-order valence-corrected chi connectivity index (χ3v) is 9.79. The number of unbranched alkanes of at least 4 members (excludes halogenated alkanes) is 22. The maximum absolute atomic E-state index is 12.7. The molecule has 0 spiro atoms. The second-order valence-corrected chi connectivity index (χ2v) is 15.3. The van der Waals surface area contributed by atoms with Crippen molar-refractivity contribution in [1.29, 1.82) is 0 Å².